The highest BCUT2D eigenvalue weighted by molar-refractivity contribution is 5.82. The van der Waals surface area contributed by atoms with Crippen LogP contribution in [0.2, 0.25) is 0 Å². The molecule has 0 bridgehead atoms. The van der Waals surface area contributed by atoms with Gasteiger partial charge in [-0.1, -0.05) is 139 Å². The van der Waals surface area contributed by atoms with Gasteiger partial charge in [-0.15, -0.1) is 0 Å². The van der Waals surface area contributed by atoms with E-state index >= 15 is 0 Å². The number of nitrogens with one attached hydrogen (secondary N) is 2. The Hall–Kier alpha value is -6.87. The number of hydrogen-bond donors (Lipinski definition) is 2. The molecular formula is C51H48N2O7. The molecule has 2 aliphatic rings. The second-order valence-electron chi connectivity index (χ2n) is 15.3. The summed E-state index contributed by atoms with van der Waals surface area (Å²) >= 11 is 0. The maximum absolute atomic E-state index is 13.5. The second kappa shape index (κ2) is 18.8. The molecule has 2 amide bonds. The van der Waals surface area contributed by atoms with Crippen LogP contribution < -0.4 is 15.4 Å². The molecule has 2 aliphatic carbocycles. The molecule has 304 valence electrons. The molecule has 0 aliphatic heterocycles. The van der Waals surface area contributed by atoms with Gasteiger partial charge in [0.05, 0.1) is 0 Å². The lowest BCUT2D eigenvalue weighted by atomic mass is 9.98. The third-order valence-corrected chi connectivity index (χ3v) is 11.3. The summed E-state index contributed by atoms with van der Waals surface area (Å²) in [7, 11) is 0. The van der Waals surface area contributed by atoms with Crippen LogP contribution in [0.4, 0.5) is 9.59 Å². The van der Waals surface area contributed by atoms with E-state index in [1.54, 1.807) is 0 Å². The number of esters is 1. The Balaban J connectivity index is 0.838. The predicted molar refractivity (Wildman–Crippen MR) is 231 cm³/mol. The van der Waals surface area contributed by atoms with Crippen molar-refractivity contribution in [3.63, 3.8) is 0 Å². The lowest BCUT2D eigenvalue weighted by molar-refractivity contribution is -0.147. The highest BCUT2D eigenvalue weighted by Gasteiger charge is 2.31. The molecule has 0 aromatic heterocycles. The average molecular weight is 801 g/mol. The van der Waals surface area contributed by atoms with Gasteiger partial charge < -0.3 is 29.6 Å². The number of rotatable bonds is 16. The van der Waals surface area contributed by atoms with Crippen LogP contribution in [0.5, 0.6) is 5.75 Å². The van der Waals surface area contributed by atoms with E-state index in [-0.39, 0.29) is 38.1 Å². The van der Waals surface area contributed by atoms with E-state index in [9.17, 15) is 14.4 Å². The summed E-state index contributed by atoms with van der Waals surface area (Å²) in [5.74, 6) is -0.0320. The standard InChI is InChI=1S/C51H48N2O7/c1-34-21-23-35(24-22-34)30-57-37-27-25-36(26-28-37)31-58-49(54)48(53-51(56)60-33-47-44-18-8-4-14-40(44)41-15-5-9-19-45(41)47)20-10-11-29-52-50(55)59-32-46-42-16-6-2-12-38(42)39-13-3-7-17-43(39)46/h2-9,12-19,21-28,46-48H,10-11,20,29-33H2,1H3,(H,52,55)(H,53,56)/t48-/m0/s1. The number of amides is 2. The number of carbonyl (C=O) groups excluding carboxylic acids is 3. The molecule has 6 aromatic carbocycles. The van der Waals surface area contributed by atoms with E-state index in [0.29, 0.717) is 31.7 Å². The second-order valence-corrected chi connectivity index (χ2v) is 15.3. The number of fused-ring (bicyclic) bond motifs is 6. The summed E-state index contributed by atoms with van der Waals surface area (Å²) in [5.41, 5.74) is 12.1. The van der Waals surface area contributed by atoms with Gasteiger partial charge in [0, 0.05) is 18.4 Å². The molecule has 2 N–H and O–H groups in total. The van der Waals surface area contributed by atoms with Crippen LogP contribution in [0.25, 0.3) is 22.3 Å². The Kier molecular flexibility index (Phi) is 12.5. The van der Waals surface area contributed by atoms with Crippen molar-refractivity contribution in [2.24, 2.45) is 0 Å². The maximum Gasteiger partial charge on any atom is 0.407 e. The first-order valence-corrected chi connectivity index (χ1v) is 20.6. The van der Waals surface area contributed by atoms with Crippen LogP contribution in [0.3, 0.4) is 0 Å². The fourth-order valence-electron chi connectivity index (χ4n) is 8.13. The largest absolute Gasteiger partial charge is 0.489 e. The van der Waals surface area contributed by atoms with Gasteiger partial charge in [-0.2, -0.15) is 0 Å². The van der Waals surface area contributed by atoms with E-state index in [4.69, 9.17) is 18.9 Å². The van der Waals surface area contributed by atoms with Crippen molar-refractivity contribution in [2.45, 2.75) is 57.3 Å². The van der Waals surface area contributed by atoms with Gasteiger partial charge in [-0.25, -0.2) is 14.4 Å². The summed E-state index contributed by atoms with van der Waals surface area (Å²) in [4.78, 5) is 39.6. The molecule has 9 heteroatoms. The Bertz CT molecular complexity index is 2360. The summed E-state index contributed by atoms with van der Waals surface area (Å²) in [6, 6.07) is 47.2. The molecule has 0 radical (unpaired) electrons. The minimum atomic E-state index is -0.966. The first-order chi connectivity index (χ1) is 29.4. The Morgan fingerprint density at radius 1 is 0.533 bits per heavy atom. The molecule has 0 unspecified atom stereocenters. The van der Waals surface area contributed by atoms with Crippen LogP contribution >= 0.6 is 0 Å². The van der Waals surface area contributed by atoms with Gasteiger partial charge in [0.15, 0.2) is 0 Å². The van der Waals surface area contributed by atoms with Crippen molar-refractivity contribution in [3.8, 4) is 28.0 Å². The predicted octanol–water partition coefficient (Wildman–Crippen LogP) is 10.2. The minimum Gasteiger partial charge on any atom is -0.489 e. The van der Waals surface area contributed by atoms with E-state index in [2.05, 4.69) is 71.3 Å². The quantitative estimate of drug-likeness (QED) is 0.0569. The van der Waals surface area contributed by atoms with Gasteiger partial charge in [-0.3, -0.25) is 0 Å². The fourth-order valence-corrected chi connectivity index (χ4v) is 8.13. The van der Waals surface area contributed by atoms with Crippen molar-refractivity contribution in [1.29, 1.82) is 0 Å². The number of benzene rings is 6. The topological polar surface area (TPSA) is 112 Å². The highest BCUT2D eigenvalue weighted by atomic mass is 16.6. The number of unbranched alkanes of at least 4 members (excludes halogenated alkanes) is 1. The van der Waals surface area contributed by atoms with E-state index in [1.165, 1.54) is 16.7 Å². The van der Waals surface area contributed by atoms with Crippen LogP contribution in [-0.4, -0.2) is 44.0 Å². The van der Waals surface area contributed by atoms with E-state index < -0.39 is 24.2 Å². The lowest BCUT2D eigenvalue weighted by Gasteiger charge is -2.19. The molecule has 0 fully saturated rings. The van der Waals surface area contributed by atoms with Gasteiger partial charge in [0.2, 0.25) is 0 Å². The van der Waals surface area contributed by atoms with Crippen LogP contribution in [0.15, 0.2) is 146 Å². The normalized spacial score (nSPS) is 12.9. The van der Waals surface area contributed by atoms with Gasteiger partial charge >= 0.3 is 18.2 Å². The number of alkyl carbamates (subject to hydrolysis) is 2. The summed E-state index contributed by atoms with van der Waals surface area (Å²) < 4.78 is 23.1. The van der Waals surface area contributed by atoms with Crippen LogP contribution in [0.1, 0.15) is 70.0 Å². The van der Waals surface area contributed by atoms with Gasteiger partial charge in [0.25, 0.3) is 0 Å². The van der Waals surface area contributed by atoms with Gasteiger partial charge in [0.1, 0.15) is 38.2 Å². The first-order valence-electron chi connectivity index (χ1n) is 20.6. The molecule has 9 nitrogen and oxygen atoms in total. The molecule has 8 rings (SSSR count). The Labute approximate surface area is 350 Å². The molecule has 60 heavy (non-hydrogen) atoms. The molecule has 0 saturated heterocycles. The monoisotopic (exact) mass is 800 g/mol. The number of aryl methyl sites for hydroxylation is 1. The summed E-state index contributed by atoms with van der Waals surface area (Å²) in [6.07, 6.45) is 0.132. The zero-order chi connectivity index (χ0) is 41.3. The molecule has 0 heterocycles. The van der Waals surface area contributed by atoms with Crippen molar-refractivity contribution < 1.29 is 33.3 Å². The SMILES string of the molecule is Cc1ccc(COc2ccc(COC(=O)[C@H](CCCCNC(=O)OCC3c4ccccc4-c4ccccc43)NC(=O)OCC3c4ccccc4-c4ccccc43)cc2)cc1. The zero-order valence-corrected chi connectivity index (χ0v) is 33.6. The Morgan fingerprint density at radius 3 is 1.53 bits per heavy atom. The minimum absolute atomic E-state index is 0.0171. The van der Waals surface area contributed by atoms with Crippen molar-refractivity contribution in [3.05, 3.63) is 185 Å². The Morgan fingerprint density at radius 2 is 1.00 bits per heavy atom. The van der Waals surface area contributed by atoms with E-state index in [0.717, 1.165) is 44.5 Å². The number of carbonyl (C=O) groups is 3. The average Bonchev–Trinajstić information content (AvgIpc) is 3.78. The number of ether oxygens (including phenoxy) is 4. The van der Waals surface area contributed by atoms with E-state index in [1.807, 2.05) is 91.9 Å². The number of hydrogen-bond acceptors (Lipinski definition) is 7. The molecule has 0 saturated carbocycles. The third-order valence-electron chi connectivity index (χ3n) is 11.3. The van der Waals surface area contributed by atoms with Crippen LogP contribution in [-0.2, 0) is 32.2 Å². The zero-order valence-electron chi connectivity index (χ0n) is 33.6. The maximum atomic E-state index is 13.5. The van der Waals surface area contributed by atoms with Crippen LogP contribution in [0, 0.1) is 6.92 Å². The molecule has 6 aromatic rings. The lowest BCUT2D eigenvalue weighted by Crippen LogP contribution is -2.42. The van der Waals surface area contributed by atoms with Gasteiger partial charge in [-0.05, 0) is 94.0 Å². The highest BCUT2D eigenvalue weighted by Crippen LogP contribution is 2.45. The molecule has 0 spiro atoms. The first kappa shape index (κ1) is 39.9. The summed E-state index contributed by atoms with van der Waals surface area (Å²) in [6.45, 7) is 3.18. The summed E-state index contributed by atoms with van der Waals surface area (Å²) in [5, 5.41) is 5.61. The smallest absolute Gasteiger partial charge is 0.407 e. The molecular weight excluding hydrogens is 753 g/mol. The van der Waals surface area contributed by atoms with Crippen molar-refractivity contribution in [2.75, 3.05) is 19.8 Å². The van der Waals surface area contributed by atoms with Crippen molar-refractivity contribution in [1.82, 2.24) is 10.6 Å². The third kappa shape index (κ3) is 9.37. The van der Waals surface area contributed by atoms with Crippen molar-refractivity contribution >= 4 is 18.2 Å². The fraction of sp³-hybridized carbons (Fsp3) is 0.235. The molecule has 1 atom stereocenters.